The molecule has 2 rings (SSSR count). The summed E-state index contributed by atoms with van der Waals surface area (Å²) in [4.78, 5) is 0. The first-order valence-corrected chi connectivity index (χ1v) is 8.57. The third-order valence-electron chi connectivity index (χ3n) is 4.06. The van der Waals surface area contributed by atoms with Crippen LogP contribution in [0.2, 0.25) is 0 Å². The van der Waals surface area contributed by atoms with Crippen LogP contribution in [0.25, 0.3) is 0 Å². The average molecular weight is 272 g/mol. The van der Waals surface area contributed by atoms with Gasteiger partial charge in [-0.05, 0) is 25.2 Å². The zero-order chi connectivity index (χ0) is 13.0. The van der Waals surface area contributed by atoms with Crippen LogP contribution in [0.15, 0.2) is 12.2 Å². The van der Waals surface area contributed by atoms with Gasteiger partial charge in [-0.1, -0.05) is 31.4 Å². The molecule has 1 heterocycles. The molecule has 0 aromatic rings. The molecule has 0 amide bonds. The maximum absolute atomic E-state index is 12.1. The lowest BCUT2D eigenvalue weighted by molar-refractivity contribution is 0.318. The Balaban J connectivity index is 1.75. The number of piperidine rings is 1. The van der Waals surface area contributed by atoms with Gasteiger partial charge in [0.2, 0.25) is 10.0 Å². The Bertz CT molecular complexity index is 380. The summed E-state index contributed by atoms with van der Waals surface area (Å²) in [5.41, 5.74) is 5.78. The molecule has 1 saturated carbocycles. The molecule has 1 aliphatic heterocycles. The van der Waals surface area contributed by atoms with E-state index in [1.54, 1.807) is 4.31 Å². The second-order valence-electron chi connectivity index (χ2n) is 5.52. The number of sulfonamides is 1. The van der Waals surface area contributed by atoms with E-state index in [0.717, 1.165) is 25.2 Å². The lowest BCUT2D eigenvalue weighted by atomic mass is 9.83. The van der Waals surface area contributed by atoms with Gasteiger partial charge < -0.3 is 5.73 Å². The Morgan fingerprint density at radius 1 is 1.11 bits per heavy atom. The first-order chi connectivity index (χ1) is 8.58. The molecule has 104 valence electrons. The monoisotopic (exact) mass is 272 g/mol. The third-order valence-corrected chi connectivity index (χ3v) is 5.83. The van der Waals surface area contributed by atoms with Crippen molar-refractivity contribution in [2.24, 2.45) is 11.7 Å². The summed E-state index contributed by atoms with van der Waals surface area (Å²) in [6, 6.07) is 0.172. The van der Waals surface area contributed by atoms with Crippen molar-refractivity contribution in [2.45, 2.75) is 44.6 Å². The smallest absolute Gasteiger partial charge is 0.217 e. The normalized spacial score (nSPS) is 24.5. The van der Waals surface area contributed by atoms with E-state index in [9.17, 15) is 8.42 Å². The van der Waals surface area contributed by atoms with Crippen LogP contribution in [0.3, 0.4) is 0 Å². The average Bonchev–Trinajstić information content (AvgIpc) is 2.27. The van der Waals surface area contributed by atoms with Crippen LogP contribution in [0, 0.1) is 5.92 Å². The van der Waals surface area contributed by atoms with E-state index < -0.39 is 10.0 Å². The fourth-order valence-corrected chi connectivity index (χ4v) is 3.82. The highest BCUT2D eigenvalue weighted by Gasteiger charge is 2.25. The van der Waals surface area contributed by atoms with Crippen LogP contribution in [0.1, 0.15) is 38.5 Å². The molecular formula is C13H24N2O2S. The summed E-state index contributed by atoms with van der Waals surface area (Å²) in [6.45, 7) is 1.17. The van der Waals surface area contributed by atoms with E-state index in [1.165, 1.54) is 19.3 Å². The molecule has 18 heavy (non-hydrogen) atoms. The summed E-state index contributed by atoms with van der Waals surface area (Å²) in [5, 5.41) is 0. The largest absolute Gasteiger partial charge is 0.328 e. The predicted molar refractivity (Wildman–Crippen MR) is 73.7 cm³/mol. The van der Waals surface area contributed by atoms with Gasteiger partial charge in [0.25, 0.3) is 0 Å². The molecule has 1 aliphatic carbocycles. The van der Waals surface area contributed by atoms with Crippen molar-refractivity contribution in [3.8, 4) is 0 Å². The summed E-state index contributed by atoms with van der Waals surface area (Å²) in [7, 11) is -3.10. The van der Waals surface area contributed by atoms with Crippen LogP contribution in [0.4, 0.5) is 0 Å². The summed E-state index contributed by atoms with van der Waals surface area (Å²) in [6.07, 6.45) is 10.4. The Morgan fingerprint density at radius 2 is 1.78 bits per heavy atom. The van der Waals surface area contributed by atoms with Gasteiger partial charge >= 0.3 is 0 Å². The van der Waals surface area contributed by atoms with Gasteiger partial charge in [-0.3, -0.25) is 0 Å². The highest BCUT2D eigenvalue weighted by atomic mass is 32.2. The van der Waals surface area contributed by atoms with E-state index in [1.807, 2.05) is 12.2 Å². The van der Waals surface area contributed by atoms with Crippen molar-refractivity contribution in [3.05, 3.63) is 12.2 Å². The quantitative estimate of drug-likeness (QED) is 0.771. The van der Waals surface area contributed by atoms with E-state index >= 15 is 0 Å². The number of nitrogens with zero attached hydrogens (tertiary/aromatic N) is 1. The van der Waals surface area contributed by atoms with Crippen molar-refractivity contribution in [1.29, 1.82) is 0 Å². The maximum atomic E-state index is 12.1. The van der Waals surface area contributed by atoms with Gasteiger partial charge in [0.05, 0.1) is 5.75 Å². The third kappa shape index (κ3) is 3.80. The maximum Gasteiger partial charge on any atom is 0.217 e. The second kappa shape index (κ2) is 6.17. The first kappa shape index (κ1) is 14.0. The van der Waals surface area contributed by atoms with Crippen LogP contribution in [0.5, 0.6) is 0 Å². The Hall–Kier alpha value is -0.390. The Kier molecular flexibility index (Phi) is 4.81. The van der Waals surface area contributed by atoms with E-state index in [2.05, 4.69) is 0 Å². The molecule has 4 nitrogen and oxygen atoms in total. The van der Waals surface area contributed by atoms with Crippen molar-refractivity contribution >= 4 is 10.0 Å². The molecule has 0 bridgehead atoms. The molecule has 0 unspecified atom stereocenters. The highest BCUT2D eigenvalue weighted by Crippen LogP contribution is 2.29. The summed E-state index contributed by atoms with van der Waals surface area (Å²) in [5.74, 6) is 0.950. The number of hydrogen-bond acceptors (Lipinski definition) is 3. The van der Waals surface area contributed by atoms with Gasteiger partial charge in [0.1, 0.15) is 0 Å². The molecule has 0 aromatic heterocycles. The van der Waals surface area contributed by atoms with E-state index in [0.29, 0.717) is 13.1 Å². The van der Waals surface area contributed by atoms with Crippen molar-refractivity contribution in [1.82, 2.24) is 4.31 Å². The Labute approximate surface area is 110 Å². The second-order valence-corrected chi connectivity index (χ2v) is 7.53. The van der Waals surface area contributed by atoms with Crippen LogP contribution in [-0.2, 0) is 10.0 Å². The van der Waals surface area contributed by atoms with Crippen LogP contribution in [-0.4, -0.2) is 37.6 Å². The molecule has 0 aromatic carbocycles. The number of nitrogens with two attached hydrogens (primary N) is 1. The molecule has 0 radical (unpaired) electrons. The van der Waals surface area contributed by atoms with E-state index in [-0.39, 0.29) is 11.8 Å². The van der Waals surface area contributed by atoms with Gasteiger partial charge in [-0.15, -0.1) is 0 Å². The van der Waals surface area contributed by atoms with Gasteiger partial charge in [-0.25, -0.2) is 12.7 Å². The lowest BCUT2D eigenvalue weighted by Crippen LogP contribution is -2.43. The molecule has 5 heteroatoms. The minimum Gasteiger partial charge on any atom is -0.328 e. The first-order valence-electron chi connectivity index (χ1n) is 6.96. The zero-order valence-corrected chi connectivity index (χ0v) is 11.7. The molecule has 2 N–H and O–H groups in total. The van der Waals surface area contributed by atoms with Gasteiger partial charge in [0, 0.05) is 19.1 Å². The number of allylic oxidation sites excluding steroid dienone is 1. The molecule has 2 aliphatic rings. The van der Waals surface area contributed by atoms with Crippen LogP contribution < -0.4 is 5.73 Å². The minimum absolute atomic E-state index is 0.148. The molecule has 0 spiro atoms. The fourth-order valence-electron chi connectivity index (χ4n) is 2.47. The molecule has 2 fully saturated rings. The highest BCUT2D eigenvalue weighted by molar-refractivity contribution is 7.89. The van der Waals surface area contributed by atoms with Crippen LogP contribution >= 0.6 is 0 Å². The standard InChI is InChI=1S/C13H24N2O2S/c14-13-7-9-15(10-8-13)18(16,17)11-2-1-4-12-5-3-6-12/h1-2,12-13H,3-11,14H2. The topological polar surface area (TPSA) is 63.4 Å². The van der Waals surface area contributed by atoms with Crippen molar-refractivity contribution < 1.29 is 8.42 Å². The summed E-state index contributed by atoms with van der Waals surface area (Å²) >= 11 is 0. The van der Waals surface area contributed by atoms with Crippen molar-refractivity contribution in [3.63, 3.8) is 0 Å². The number of hydrogen-bond donors (Lipinski definition) is 1. The molecule has 1 saturated heterocycles. The van der Waals surface area contributed by atoms with Crippen molar-refractivity contribution in [2.75, 3.05) is 18.8 Å². The zero-order valence-electron chi connectivity index (χ0n) is 10.9. The summed E-state index contributed by atoms with van der Waals surface area (Å²) < 4.78 is 25.7. The van der Waals surface area contributed by atoms with E-state index in [4.69, 9.17) is 5.73 Å². The Morgan fingerprint density at radius 3 is 2.33 bits per heavy atom. The SMILES string of the molecule is NC1CCN(S(=O)(=O)CC=CCC2CCC2)CC1. The predicted octanol–water partition coefficient (Wildman–Crippen LogP) is 1.49. The van der Waals surface area contributed by atoms with Gasteiger partial charge in [0.15, 0.2) is 0 Å². The molecular weight excluding hydrogens is 248 g/mol. The minimum atomic E-state index is -3.10. The molecule has 0 atom stereocenters. The fraction of sp³-hybridized carbons (Fsp3) is 0.846. The lowest BCUT2D eigenvalue weighted by Gasteiger charge is -2.29. The number of rotatable bonds is 5. The van der Waals surface area contributed by atoms with Gasteiger partial charge in [-0.2, -0.15) is 0 Å².